The Hall–Kier alpha value is -3.06. The zero-order valence-corrected chi connectivity index (χ0v) is 14.2. The number of nitrogens with one attached hydrogen (secondary N) is 1. The molecule has 2 aromatic carbocycles. The monoisotopic (exact) mass is 354 g/mol. The van der Waals surface area contributed by atoms with Crippen molar-refractivity contribution < 1.29 is 19.2 Å². The smallest absolute Gasteiger partial charge is 0.269 e. The molecule has 2 atom stereocenters. The number of non-ortho nitro benzene ring substituents is 1. The Kier molecular flexibility index (Phi) is 4.81. The van der Waals surface area contributed by atoms with Crippen LogP contribution in [0.2, 0.25) is 0 Å². The SMILES string of the molecule is C[C@@]1(c2ccccc2NC=O)CC(=O)C[C@H](c2ccc([N+](=O)[O-])cc2)O1. The van der Waals surface area contributed by atoms with Crippen LogP contribution >= 0.6 is 0 Å². The van der Waals surface area contributed by atoms with Gasteiger partial charge in [0.2, 0.25) is 6.41 Å². The summed E-state index contributed by atoms with van der Waals surface area (Å²) in [4.78, 5) is 33.6. The first kappa shape index (κ1) is 17.8. The number of carbonyl (C=O) groups excluding carboxylic acids is 2. The highest BCUT2D eigenvalue weighted by atomic mass is 16.6. The molecule has 1 amide bonds. The average Bonchev–Trinajstić information content (AvgIpc) is 2.62. The number of nitro groups is 1. The number of anilines is 1. The van der Waals surface area contributed by atoms with E-state index in [2.05, 4.69) is 5.32 Å². The Balaban J connectivity index is 1.93. The van der Waals surface area contributed by atoms with Gasteiger partial charge >= 0.3 is 0 Å². The highest BCUT2D eigenvalue weighted by molar-refractivity contribution is 5.82. The number of carbonyl (C=O) groups is 2. The summed E-state index contributed by atoms with van der Waals surface area (Å²) < 4.78 is 6.26. The van der Waals surface area contributed by atoms with Gasteiger partial charge in [0.25, 0.3) is 5.69 Å². The molecule has 7 nitrogen and oxygen atoms in total. The number of nitrogens with zero attached hydrogens (tertiary/aromatic N) is 1. The summed E-state index contributed by atoms with van der Waals surface area (Å²) in [6.45, 7) is 1.81. The number of hydrogen-bond donors (Lipinski definition) is 1. The van der Waals surface area contributed by atoms with E-state index in [0.29, 0.717) is 23.2 Å². The number of Topliss-reactive ketones (excluding diaryl/α,β-unsaturated/α-hetero) is 1. The molecule has 0 aliphatic carbocycles. The minimum absolute atomic E-state index is 0.0147. The van der Waals surface area contributed by atoms with Crippen LogP contribution in [0.3, 0.4) is 0 Å². The van der Waals surface area contributed by atoms with Gasteiger partial charge in [-0.1, -0.05) is 18.2 Å². The maximum atomic E-state index is 12.4. The largest absolute Gasteiger partial charge is 0.362 e. The van der Waals surface area contributed by atoms with E-state index >= 15 is 0 Å². The maximum Gasteiger partial charge on any atom is 0.269 e. The topological polar surface area (TPSA) is 98.5 Å². The van der Waals surface area contributed by atoms with E-state index in [-0.39, 0.29) is 24.3 Å². The van der Waals surface area contributed by atoms with Crippen molar-refractivity contribution in [2.24, 2.45) is 0 Å². The standard InChI is InChI=1S/C19H18N2O5/c1-19(16-4-2-3-5-17(16)20-12-22)11-15(23)10-18(26-19)13-6-8-14(9-7-13)21(24)25/h2-9,12,18H,10-11H2,1H3,(H,20,22)/t18-,19+/m1/s1. The fourth-order valence-corrected chi connectivity index (χ4v) is 3.34. The highest BCUT2D eigenvalue weighted by Gasteiger charge is 2.40. The molecule has 0 radical (unpaired) electrons. The van der Waals surface area contributed by atoms with E-state index in [4.69, 9.17) is 4.74 Å². The van der Waals surface area contributed by atoms with Crippen LogP contribution < -0.4 is 5.32 Å². The molecule has 0 saturated carbocycles. The van der Waals surface area contributed by atoms with E-state index in [1.54, 1.807) is 24.3 Å². The lowest BCUT2D eigenvalue weighted by Crippen LogP contribution is -2.37. The van der Waals surface area contributed by atoms with Crippen molar-refractivity contribution in [1.82, 2.24) is 0 Å². The summed E-state index contributed by atoms with van der Waals surface area (Å²) >= 11 is 0. The lowest BCUT2D eigenvalue weighted by molar-refractivity contribution is -0.384. The van der Waals surface area contributed by atoms with E-state index in [0.717, 1.165) is 0 Å². The van der Waals surface area contributed by atoms with Gasteiger partial charge in [-0.2, -0.15) is 0 Å². The van der Waals surface area contributed by atoms with E-state index in [1.807, 2.05) is 19.1 Å². The van der Waals surface area contributed by atoms with Crippen LogP contribution in [0, 0.1) is 10.1 Å². The zero-order chi connectivity index (χ0) is 18.7. The molecule has 1 aliphatic rings. The Bertz CT molecular complexity index is 849. The molecule has 1 aliphatic heterocycles. The predicted molar refractivity (Wildman–Crippen MR) is 94.6 cm³/mol. The van der Waals surface area contributed by atoms with Gasteiger partial charge in [0.1, 0.15) is 11.4 Å². The molecule has 0 aromatic heterocycles. The van der Waals surface area contributed by atoms with Crippen molar-refractivity contribution in [1.29, 1.82) is 0 Å². The van der Waals surface area contributed by atoms with Gasteiger partial charge in [-0.15, -0.1) is 0 Å². The summed E-state index contributed by atoms with van der Waals surface area (Å²) in [5.41, 5.74) is 1.08. The molecule has 26 heavy (non-hydrogen) atoms. The molecule has 0 spiro atoms. The van der Waals surface area contributed by atoms with Gasteiger partial charge in [0, 0.05) is 36.2 Å². The van der Waals surface area contributed by atoms with Crippen molar-refractivity contribution in [2.75, 3.05) is 5.32 Å². The molecule has 1 saturated heterocycles. The molecule has 134 valence electrons. The Morgan fingerprint density at radius 2 is 1.92 bits per heavy atom. The lowest BCUT2D eigenvalue weighted by Gasteiger charge is -2.39. The van der Waals surface area contributed by atoms with Crippen LogP contribution in [0.5, 0.6) is 0 Å². The van der Waals surface area contributed by atoms with Gasteiger partial charge in [-0.3, -0.25) is 19.7 Å². The number of amides is 1. The fraction of sp³-hybridized carbons (Fsp3) is 0.263. The number of rotatable bonds is 5. The third kappa shape index (κ3) is 3.48. The second-order valence-electron chi connectivity index (χ2n) is 6.41. The molecule has 7 heteroatoms. The molecular weight excluding hydrogens is 336 g/mol. The van der Waals surface area contributed by atoms with Crippen LogP contribution in [-0.2, 0) is 19.9 Å². The number of ketones is 1. The fourth-order valence-electron chi connectivity index (χ4n) is 3.34. The lowest BCUT2D eigenvalue weighted by atomic mass is 9.84. The summed E-state index contributed by atoms with van der Waals surface area (Å²) in [6, 6.07) is 13.2. The van der Waals surface area contributed by atoms with Crippen molar-refractivity contribution in [3.05, 3.63) is 69.8 Å². The van der Waals surface area contributed by atoms with E-state index < -0.39 is 16.6 Å². The van der Waals surface area contributed by atoms with Crippen LogP contribution in [0.1, 0.15) is 37.0 Å². The van der Waals surface area contributed by atoms with Crippen LogP contribution in [0.4, 0.5) is 11.4 Å². The molecule has 0 unspecified atom stereocenters. The molecule has 3 rings (SSSR count). The number of ether oxygens (including phenoxy) is 1. The third-order valence-corrected chi connectivity index (χ3v) is 4.54. The van der Waals surface area contributed by atoms with Crippen molar-refractivity contribution >= 4 is 23.6 Å². The first-order chi connectivity index (χ1) is 12.4. The van der Waals surface area contributed by atoms with Gasteiger partial charge in [-0.05, 0) is 30.7 Å². The Morgan fingerprint density at radius 1 is 1.23 bits per heavy atom. The van der Waals surface area contributed by atoms with Crippen molar-refractivity contribution in [3.63, 3.8) is 0 Å². The van der Waals surface area contributed by atoms with Gasteiger partial charge in [-0.25, -0.2) is 0 Å². The first-order valence-electron chi connectivity index (χ1n) is 8.16. The van der Waals surface area contributed by atoms with E-state index in [9.17, 15) is 19.7 Å². The quantitative estimate of drug-likeness (QED) is 0.503. The summed E-state index contributed by atoms with van der Waals surface area (Å²) in [5.74, 6) is 0.0306. The minimum atomic E-state index is -0.908. The van der Waals surface area contributed by atoms with Gasteiger partial charge in [0.05, 0.1) is 11.0 Å². The first-order valence-corrected chi connectivity index (χ1v) is 8.16. The minimum Gasteiger partial charge on any atom is -0.362 e. The van der Waals surface area contributed by atoms with Crippen LogP contribution in [0.15, 0.2) is 48.5 Å². The van der Waals surface area contributed by atoms with Crippen molar-refractivity contribution in [2.45, 2.75) is 31.5 Å². The van der Waals surface area contributed by atoms with Gasteiger partial charge in [0.15, 0.2) is 0 Å². The summed E-state index contributed by atoms with van der Waals surface area (Å²) in [5, 5.41) is 13.5. The molecule has 1 heterocycles. The number of nitro benzene ring substituents is 1. The zero-order valence-electron chi connectivity index (χ0n) is 14.2. The predicted octanol–water partition coefficient (Wildman–Crippen LogP) is 3.50. The second kappa shape index (κ2) is 7.05. The Labute approximate surface area is 150 Å². The van der Waals surface area contributed by atoms with Crippen LogP contribution in [0.25, 0.3) is 0 Å². The highest BCUT2D eigenvalue weighted by Crippen LogP contribution is 2.44. The maximum absolute atomic E-state index is 12.4. The molecule has 2 aromatic rings. The second-order valence-corrected chi connectivity index (χ2v) is 6.41. The van der Waals surface area contributed by atoms with Crippen molar-refractivity contribution in [3.8, 4) is 0 Å². The number of para-hydroxylation sites is 1. The van der Waals surface area contributed by atoms with Gasteiger partial charge < -0.3 is 10.1 Å². The third-order valence-electron chi connectivity index (χ3n) is 4.54. The average molecular weight is 354 g/mol. The summed E-state index contributed by atoms with van der Waals surface area (Å²) in [7, 11) is 0. The normalized spacial score (nSPS) is 22.7. The Morgan fingerprint density at radius 3 is 2.58 bits per heavy atom. The molecule has 1 N–H and O–H groups in total. The molecular formula is C19H18N2O5. The number of hydrogen-bond acceptors (Lipinski definition) is 5. The summed E-state index contributed by atoms with van der Waals surface area (Å²) in [6.07, 6.45) is 0.470. The van der Waals surface area contributed by atoms with Crippen LogP contribution in [-0.4, -0.2) is 17.1 Å². The molecule has 0 bridgehead atoms. The van der Waals surface area contributed by atoms with E-state index in [1.165, 1.54) is 12.1 Å². The number of benzene rings is 2. The molecule has 1 fully saturated rings.